The van der Waals surface area contributed by atoms with Gasteiger partial charge >= 0.3 is 0 Å². The Bertz CT molecular complexity index is 324. The first-order chi connectivity index (χ1) is 7.13. The molecule has 0 spiro atoms. The molecule has 1 nitrogen and oxygen atoms in total. The van der Waals surface area contributed by atoms with Gasteiger partial charge in [-0.15, -0.1) is 0 Å². The molecule has 0 bridgehead atoms. The Morgan fingerprint density at radius 2 is 1.73 bits per heavy atom. The molecule has 0 fully saturated rings. The number of hydrogen-bond acceptors (Lipinski definition) is 1. The number of alkyl halides is 2. The summed E-state index contributed by atoms with van der Waals surface area (Å²) in [6.45, 7) is -0.445. The van der Waals surface area contributed by atoms with Gasteiger partial charge in [-0.25, -0.2) is 8.78 Å². The van der Waals surface area contributed by atoms with Gasteiger partial charge in [0.05, 0.1) is 0 Å². The minimum atomic E-state index is -2.74. The van der Waals surface area contributed by atoms with Gasteiger partial charge in [-0.3, -0.25) is 0 Å². The Balaban J connectivity index is 2.13. The molecular weight excluding hydrogens is 198 g/mol. The maximum absolute atomic E-state index is 13.5. The van der Waals surface area contributed by atoms with Crippen molar-refractivity contribution in [3.63, 3.8) is 0 Å². The summed E-state index contributed by atoms with van der Waals surface area (Å²) < 4.78 is 27.1. The van der Waals surface area contributed by atoms with Gasteiger partial charge in [0, 0.05) is 18.9 Å². The van der Waals surface area contributed by atoms with Crippen LogP contribution < -0.4 is 0 Å². The maximum Gasteiger partial charge on any atom is 0.253 e. The summed E-state index contributed by atoms with van der Waals surface area (Å²) >= 11 is 0. The summed E-state index contributed by atoms with van der Waals surface area (Å²) in [6.07, 6.45) is 0.442. The summed E-state index contributed by atoms with van der Waals surface area (Å²) in [5, 5.41) is 8.60. The quantitative estimate of drug-likeness (QED) is 0.815. The Morgan fingerprint density at radius 1 is 1.20 bits per heavy atom. The van der Waals surface area contributed by atoms with Crippen LogP contribution in [0.2, 0.25) is 0 Å². The predicted molar refractivity (Wildman–Crippen MR) is 54.0 cm³/mol. The van der Waals surface area contributed by atoms with E-state index in [2.05, 4.69) is 0 Å². The zero-order chi connectivity index (χ0) is 10.9. The van der Waals surface area contributed by atoms with E-state index >= 15 is 0 Å². The van der Waals surface area contributed by atoms with Gasteiger partial charge in [0.15, 0.2) is 0 Å². The lowest BCUT2D eigenvalue weighted by Gasteiger charge is -2.21. The Labute approximate surface area is 87.7 Å². The Kier molecular flexibility index (Phi) is 2.74. The highest BCUT2D eigenvalue weighted by Crippen LogP contribution is 2.38. The highest BCUT2D eigenvalue weighted by Gasteiger charge is 2.41. The number of aliphatic hydroxyl groups is 1. The van der Waals surface area contributed by atoms with Gasteiger partial charge < -0.3 is 5.11 Å². The van der Waals surface area contributed by atoms with Crippen molar-refractivity contribution in [3.05, 3.63) is 35.4 Å². The molecule has 3 heteroatoms. The van der Waals surface area contributed by atoms with Gasteiger partial charge in [0.1, 0.15) is 0 Å². The van der Waals surface area contributed by atoms with Crippen LogP contribution in [0, 0.1) is 5.92 Å². The highest BCUT2D eigenvalue weighted by molar-refractivity contribution is 5.32. The number of hydrogen-bond donors (Lipinski definition) is 1. The van der Waals surface area contributed by atoms with E-state index in [1.54, 1.807) is 0 Å². The number of aliphatic hydroxyl groups excluding tert-OH is 1. The van der Waals surface area contributed by atoms with Crippen LogP contribution in [0.15, 0.2) is 24.3 Å². The lowest BCUT2D eigenvalue weighted by Crippen LogP contribution is -2.29. The fourth-order valence-electron chi connectivity index (χ4n) is 2.21. The molecule has 1 aliphatic carbocycles. The molecule has 0 aromatic heterocycles. The molecule has 1 aromatic rings. The maximum atomic E-state index is 13.5. The van der Waals surface area contributed by atoms with Crippen molar-refractivity contribution in [2.75, 3.05) is 6.61 Å². The molecule has 0 radical (unpaired) electrons. The molecule has 0 unspecified atom stereocenters. The Morgan fingerprint density at radius 3 is 2.20 bits per heavy atom. The van der Waals surface area contributed by atoms with Crippen molar-refractivity contribution >= 4 is 0 Å². The molecule has 1 aliphatic rings. The third-order valence-electron chi connectivity index (χ3n) is 3.09. The van der Waals surface area contributed by atoms with E-state index < -0.39 is 24.9 Å². The average molecular weight is 212 g/mol. The van der Waals surface area contributed by atoms with Crippen LogP contribution in [-0.4, -0.2) is 17.6 Å². The van der Waals surface area contributed by atoms with Crippen molar-refractivity contribution in [2.24, 2.45) is 5.92 Å². The summed E-state index contributed by atoms with van der Waals surface area (Å²) in [6, 6.07) is 7.57. The van der Waals surface area contributed by atoms with E-state index in [-0.39, 0.29) is 0 Å². The summed E-state index contributed by atoms with van der Waals surface area (Å²) in [7, 11) is 0. The van der Waals surface area contributed by atoms with Gasteiger partial charge in [-0.05, 0) is 24.0 Å². The van der Waals surface area contributed by atoms with Gasteiger partial charge in [0.25, 0.3) is 5.92 Å². The fourth-order valence-corrected chi connectivity index (χ4v) is 2.21. The van der Waals surface area contributed by atoms with Gasteiger partial charge in [-0.1, -0.05) is 24.3 Å². The van der Waals surface area contributed by atoms with Crippen LogP contribution in [-0.2, 0) is 12.8 Å². The topological polar surface area (TPSA) is 20.2 Å². The van der Waals surface area contributed by atoms with Crippen molar-refractivity contribution < 1.29 is 13.9 Å². The van der Waals surface area contributed by atoms with E-state index in [1.165, 1.54) is 0 Å². The first-order valence-electron chi connectivity index (χ1n) is 5.19. The second-order valence-electron chi connectivity index (χ2n) is 4.11. The van der Waals surface area contributed by atoms with Crippen LogP contribution in [0.4, 0.5) is 8.78 Å². The zero-order valence-corrected chi connectivity index (χ0v) is 8.42. The molecule has 0 aliphatic heterocycles. The molecule has 0 atom stereocenters. The average Bonchev–Trinajstić information content (AvgIpc) is 2.61. The number of halogens is 2. The second kappa shape index (κ2) is 3.89. The zero-order valence-electron chi connectivity index (χ0n) is 8.42. The van der Waals surface area contributed by atoms with Crippen LogP contribution in [0.25, 0.3) is 0 Å². The third-order valence-corrected chi connectivity index (χ3v) is 3.09. The predicted octanol–water partition coefficient (Wildman–Crippen LogP) is 2.42. The first kappa shape index (κ1) is 10.6. The summed E-state index contributed by atoms with van der Waals surface area (Å²) in [4.78, 5) is 0. The normalized spacial score (nSPS) is 16.7. The summed E-state index contributed by atoms with van der Waals surface area (Å²) in [5.74, 6) is -3.38. The van der Waals surface area contributed by atoms with Crippen molar-refractivity contribution in [1.82, 2.24) is 0 Å². The minimum absolute atomic E-state index is 0.425. The smallest absolute Gasteiger partial charge is 0.253 e. The molecule has 15 heavy (non-hydrogen) atoms. The molecule has 1 aromatic carbocycles. The van der Waals surface area contributed by atoms with Crippen LogP contribution in [0.1, 0.15) is 17.5 Å². The SMILES string of the molecule is OCCC(F)(F)C1Cc2ccccc2C1. The van der Waals surface area contributed by atoms with Crippen LogP contribution in [0.3, 0.4) is 0 Å². The standard InChI is InChI=1S/C12H14F2O/c13-12(14,5-6-15)11-7-9-3-1-2-4-10(9)8-11/h1-4,11,15H,5-8H2. The number of fused-ring (bicyclic) bond motifs is 1. The van der Waals surface area contributed by atoms with Crippen LogP contribution in [0.5, 0.6) is 0 Å². The molecule has 2 rings (SSSR count). The van der Waals surface area contributed by atoms with Gasteiger partial charge in [-0.2, -0.15) is 0 Å². The van der Waals surface area contributed by atoms with Crippen molar-refractivity contribution in [1.29, 1.82) is 0 Å². The monoisotopic (exact) mass is 212 g/mol. The number of rotatable bonds is 3. The number of benzene rings is 1. The van der Waals surface area contributed by atoms with Gasteiger partial charge in [0.2, 0.25) is 0 Å². The fraction of sp³-hybridized carbons (Fsp3) is 0.500. The van der Waals surface area contributed by atoms with E-state index in [0.717, 1.165) is 11.1 Å². The molecule has 0 heterocycles. The third kappa shape index (κ3) is 2.02. The molecule has 0 amide bonds. The Hall–Kier alpha value is -0.960. The molecule has 0 saturated carbocycles. The van der Waals surface area contributed by atoms with Crippen molar-refractivity contribution in [3.8, 4) is 0 Å². The second-order valence-corrected chi connectivity index (χ2v) is 4.11. The lowest BCUT2D eigenvalue weighted by molar-refractivity contribution is -0.0713. The van der Waals surface area contributed by atoms with Crippen LogP contribution >= 0.6 is 0 Å². The van der Waals surface area contributed by atoms with E-state index in [4.69, 9.17) is 5.11 Å². The minimum Gasteiger partial charge on any atom is -0.396 e. The summed E-state index contributed by atoms with van der Waals surface area (Å²) in [5.41, 5.74) is 2.06. The highest BCUT2D eigenvalue weighted by atomic mass is 19.3. The van der Waals surface area contributed by atoms with E-state index in [1.807, 2.05) is 24.3 Å². The molecule has 0 saturated heterocycles. The lowest BCUT2D eigenvalue weighted by atomic mass is 9.96. The van der Waals surface area contributed by atoms with Crippen molar-refractivity contribution in [2.45, 2.75) is 25.2 Å². The molecular formula is C12H14F2O. The molecule has 1 N–H and O–H groups in total. The first-order valence-corrected chi connectivity index (χ1v) is 5.19. The molecule has 82 valence electrons. The van der Waals surface area contributed by atoms with E-state index in [0.29, 0.717) is 12.8 Å². The largest absolute Gasteiger partial charge is 0.396 e. The van der Waals surface area contributed by atoms with E-state index in [9.17, 15) is 8.78 Å².